The molecule has 0 radical (unpaired) electrons. The third-order valence-corrected chi connectivity index (χ3v) is 0.239. The van der Waals surface area contributed by atoms with E-state index in [2.05, 4.69) is 5.73 Å². The molecule has 0 aliphatic carbocycles. The number of aliphatic carboxylic acids is 1. The maximum absolute atomic E-state index is 9.43. The predicted molar refractivity (Wildman–Crippen MR) is 21.0 cm³/mol. The molecular formula is C3H5NO2. The molecule has 34 valence electrons. The molecule has 0 bridgehead atoms. The fourth-order valence-corrected chi connectivity index (χ4v) is 0.0823. The second-order valence-corrected chi connectivity index (χ2v) is 0.697. The summed E-state index contributed by atoms with van der Waals surface area (Å²) in [5, 5.41) is 7.75. The molecule has 0 saturated heterocycles. The van der Waals surface area contributed by atoms with Gasteiger partial charge in [-0.1, -0.05) is 0 Å². The van der Waals surface area contributed by atoms with E-state index in [1.807, 2.05) is 0 Å². The van der Waals surface area contributed by atoms with Crippen LogP contribution in [0.3, 0.4) is 0 Å². The van der Waals surface area contributed by atoms with Crippen LogP contribution in [0, 0.1) is 0 Å². The third kappa shape index (κ3) is 3.01. The van der Waals surface area contributed by atoms with Crippen LogP contribution in [0.5, 0.6) is 0 Å². The van der Waals surface area contributed by atoms with Gasteiger partial charge < -0.3 is 10.8 Å². The Hall–Kier alpha value is -0.990. The maximum atomic E-state index is 9.43. The minimum absolute atomic E-state index is 0.861. The lowest BCUT2D eigenvalue weighted by Crippen LogP contribution is -1.88. The van der Waals surface area contributed by atoms with Gasteiger partial charge >= 0.3 is 5.97 Å². The van der Waals surface area contributed by atoms with Crippen molar-refractivity contribution in [2.24, 2.45) is 5.73 Å². The van der Waals surface area contributed by atoms with Crippen LogP contribution >= 0.6 is 0 Å². The summed E-state index contributed by atoms with van der Waals surface area (Å²) in [5.74, 6) is -1.02. The summed E-state index contributed by atoms with van der Waals surface area (Å²) in [6.45, 7) is 0. The highest BCUT2D eigenvalue weighted by Gasteiger charge is 1.77. The van der Waals surface area contributed by atoms with Crippen LogP contribution in [-0.4, -0.2) is 11.1 Å². The van der Waals surface area contributed by atoms with Crippen molar-refractivity contribution in [3.8, 4) is 0 Å². The largest absolute Gasteiger partial charge is 0.478 e. The molecule has 3 heteroatoms. The number of nitrogens with two attached hydrogens (primary N) is 1. The van der Waals surface area contributed by atoms with Crippen molar-refractivity contribution in [3.05, 3.63) is 12.3 Å². The Morgan fingerprint density at radius 2 is 2.33 bits per heavy atom. The van der Waals surface area contributed by atoms with Gasteiger partial charge in [-0.25, -0.2) is 4.79 Å². The molecule has 6 heavy (non-hydrogen) atoms. The lowest BCUT2D eigenvalue weighted by molar-refractivity contribution is -0.131. The Bertz CT molecular complexity index is 76.9. The average Bonchev–Trinajstić information content (AvgIpc) is 1.35. The molecule has 0 spiro atoms. The van der Waals surface area contributed by atoms with Gasteiger partial charge in [0.1, 0.15) is 0 Å². The van der Waals surface area contributed by atoms with Gasteiger partial charge in [0, 0.05) is 12.3 Å². The first-order chi connectivity index (χ1) is 2.77. The van der Waals surface area contributed by atoms with Gasteiger partial charge in [0.2, 0.25) is 0 Å². The highest BCUT2D eigenvalue weighted by molar-refractivity contribution is 5.79. The molecule has 3 nitrogen and oxygen atoms in total. The first kappa shape index (κ1) is 5.01. The minimum atomic E-state index is -1.02. The number of carbonyl (C=O) groups is 1. The van der Waals surface area contributed by atoms with Crippen LogP contribution in [0.1, 0.15) is 0 Å². The van der Waals surface area contributed by atoms with E-state index in [-0.39, 0.29) is 0 Å². The van der Waals surface area contributed by atoms with Crippen LogP contribution in [0.4, 0.5) is 0 Å². The fourth-order valence-electron chi connectivity index (χ4n) is 0.0823. The van der Waals surface area contributed by atoms with Crippen molar-refractivity contribution in [1.82, 2.24) is 0 Å². The van der Waals surface area contributed by atoms with Gasteiger partial charge in [-0.15, -0.1) is 0 Å². The molecule has 0 fully saturated rings. The van der Waals surface area contributed by atoms with Crippen LogP contribution in [-0.2, 0) is 4.79 Å². The quantitative estimate of drug-likeness (QED) is 0.425. The van der Waals surface area contributed by atoms with Gasteiger partial charge in [-0.05, 0) is 0 Å². The van der Waals surface area contributed by atoms with Crippen molar-refractivity contribution in [1.29, 1.82) is 0 Å². The van der Waals surface area contributed by atoms with E-state index >= 15 is 0 Å². The summed E-state index contributed by atoms with van der Waals surface area (Å²) < 4.78 is 0. The molecule has 0 saturated carbocycles. The van der Waals surface area contributed by atoms with Gasteiger partial charge in [0.05, 0.1) is 0 Å². The van der Waals surface area contributed by atoms with Crippen LogP contribution in [0.15, 0.2) is 12.3 Å². The number of carboxylic acid groups (broad SMARTS) is 1. The molecule has 0 aliphatic rings. The van der Waals surface area contributed by atoms with Crippen molar-refractivity contribution >= 4 is 5.97 Å². The van der Waals surface area contributed by atoms with Crippen LogP contribution in [0.2, 0.25) is 0 Å². The zero-order chi connectivity index (χ0) is 4.99. The van der Waals surface area contributed by atoms with Crippen molar-refractivity contribution < 1.29 is 9.90 Å². The summed E-state index contributed by atoms with van der Waals surface area (Å²) in [6, 6.07) is 0. The van der Waals surface area contributed by atoms with Gasteiger partial charge in [-0.2, -0.15) is 0 Å². The van der Waals surface area contributed by atoms with Gasteiger partial charge in [0.25, 0.3) is 0 Å². The standard InChI is InChI=1S/C3H5NO2/c4-2-1-3(5)6/h1-2H,4H2,(H,5,6)/b2-1-. The molecule has 0 unspecified atom stereocenters. The number of carboxylic acids is 1. The topological polar surface area (TPSA) is 63.3 Å². The third-order valence-electron chi connectivity index (χ3n) is 0.239. The van der Waals surface area contributed by atoms with Gasteiger partial charge in [0.15, 0.2) is 0 Å². The zero-order valence-electron chi connectivity index (χ0n) is 3.09. The average molecular weight is 87.1 g/mol. The Labute approximate surface area is 35.1 Å². The van der Waals surface area contributed by atoms with Gasteiger partial charge in [-0.3, -0.25) is 0 Å². The molecule has 0 aromatic heterocycles. The smallest absolute Gasteiger partial charge is 0.329 e. The van der Waals surface area contributed by atoms with Crippen molar-refractivity contribution in [2.75, 3.05) is 0 Å². The molecule has 0 amide bonds. The van der Waals surface area contributed by atoms with E-state index in [9.17, 15) is 4.79 Å². The maximum Gasteiger partial charge on any atom is 0.329 e. The lowest BCUT2D eigenvalue weighted by atomic mass is 10.6. The molecule has 0 rings (SSSR count). The Kier molecular flexibility index (Phi) is 1.89. The zero-order valence-corrected chi connectivity index (χ0v) is 3.09. The van der Waals surface area contributed by atoms with E-state index in [1.165, 1.54) is 0 Å². The Morgan fingerprint density at radius 3 is 2.33 bits per heavy atom. The van der Waals surface area contributed by atoms with Crippen molar-refractivity contribution in [2.45, 2.75) is 0 Å². The fraction of sp³-hybridized carbons (Fsp3) is 0. The lowest BCUT2D eigenvalue weighted by Gasteiger charge is -1.69. The summed E-state index contributed by atoms with van der Waals surface area (Å²) in [4.78, 5) is 9.43. The Balaban J connectivity index is 3.30. The predicted octanol–water partition coefficient (Wildman–Crippen LogP) is -0.457. The summed E-state index contributed by atoms with van der Waals surface area (Å²) in [5.41, 5.74) is 4.67. The monoisotopic (exact) mass is 87.0 g/mol. The SMILES string of the molecule is N/C=C\C(=O)O. The number of hydrogen-bond acceptors (Lipinski definition) is 2. The number of rotatable bonds is 1. The highest BCUT2D eigenvalue weighted by atomic mass is 16.4. The molecule has 0 atom stereocenters. The summed E-state index contributed by atoms with van der Waals surface area (Å²) in [6.07, 6.45) is 1.84. The van der Waals surface area contributed by atoms with E-state index in [4.69, 9.17) is 5.11 Å². The van der Waals surface area contributed by atoms with Crippen LogP contribution in [0.25, 0.3) is 0 Å². The first-order valence-electron chi connectivity index (χ1n) is 1.38. The normalized spacial score (nSPS) is 9.33. The first-order valence-corrected chi connectivity index (χ1v) is 1.38. The van der Waals surface area contributed by atoms with Crippen molar-refractivity contribution in [3.63, 3.8) is 0 Å². The van der Waals surface area contributed by atoms with E-state index in [0.29, 0.717) is 0 Å². The highest BCUT2D eigenvalue weighted by Crippen LogP contribution is 1.59. The summed E-state index contributed by atoms with van der Waals surface area (Å²) >= 11 is 0. The molecule has 0 heterocycles. The second-order valence-electron chi connectivity index (χ2n) is 0.697. The molecule has 0 aromatic rings. The number of hydrogen-bond donors (Lipinski definition) is 2. The molecule has 0 aliphatic heterocycles. The molecular weight excluding hydrogens is 82.0 g/mol. The second kappa shape index (κ2) is 2.26. The summed E-state index contributed by atoms with van der Waals surface area (Å²) in [7, 11) is 0. The minimum Gasteiger partial charge on any atom is -0.478 e. The van der Waals surface area contributed by atoms with Crippen LogP contribution < -0.4 is 5.73 Å². The Morgan fingerprint density at radius 1 is 1.83 bits per heavy atom. The molecule has 3 N–H and O–H groups in total. The van der Waals surface area contributed by atoms with E-state index in [1.54, 1.807) is 0 Å². The van der Waals surface area contributed by atoms with E-state index < -0.39 is 5.97 Å². The molecule has 0 aromatic carbocycles. The van der Waals surface area contributed by atoms with E-state index in [0.717, 1.165) is 12.3 Å².